The number of aliphatic hydroxyl groups is 1. The Labute approximate surface area is 331 Å². The molecule has 0 unspecified atom stereocenters. The third-order valence-corrected chi connectivity index (χ3v) is 13.9. The van der Waals surface area contributed by atoms with Crippen LogP contribution in [0.4, 0.5) is 105 Å². The van der Waals surface area contributed by atoms with Crippen LogP contribution in [0, 0.1) is 0 Å². The molecule has 1 N–H and O–H groups in total. The van der Waals surface area contributed by atoms with Gasteiger partial charge in [-0.1, -0.05) is 68.2 Å². The highest BCUT2D eigenvalue weighted by atomic mass is 28.3. The second-order valence-electron chi connectivity index (χ2n) is 15.4. The Bertz CT molecular complexity index is 2300. The summed E-state index contributed by atoms with van der Waals surface area (Å²) in [5, 5.41) is 6.27. The molecule has 4 aromatic carbocycles. The van der Waals surface area contributed by atoms with E-state index in [0.717, 1.165) is 68.2 Å². The van der Waals surface area contributed by atoms with Crippen molar-refractivity contribution in [2.75, 3.05) is 0 Å². The lowest BCUT2D eigenvalue weighted by Crippen LogP contribution is -2.78. The number of benzene rings is 4. The Kier molecular flexibility index (Phi) is 10.4. The lowest BCUT2D eigenvalue weighted by atomic mass is 9.64. The van der Waals surface area contributed by atoms with Crippen molar-refractivity contribution in [2.45, 2.75) is 95.9 Å². The molecule has 0 aliphatic heterocycles. The third-order valence-electron chi connectivity index (χ3n) is 10.9. The molecule has 62 heavy (non-hydrogen) atoms. The summed E-state index contributed by atoms with van der Waals surface area (Å²) in [6.45, 7) is 2.74. The minimum Gasteiger partial charge on any atom is -0.374 e. The molecular weight excluding hydrogens is 932 g/mol. The van der Waals surface area contributed by atoms with Crippen LogP contribution in [0.5, 0.6) is 0 Å². The molecular formula is C36H22F24OSi. The van der Waals surface area contributed by atoms with Crippen LogP contribution < -0.4 is 0 Å². The van der Waals surface area contributed by atoms with Gasteiger partial charge in [-0.2, -0.15) is 105 Å². The zero-order valence-corrected chi connectivity index (χ0v) is 31.4. The van der Waals surface area contributed by atoms with Gasteiger partial charge in [-0.15, -0.1) is 0 Å². The van der Waals surface area contributed by atoms with Crippen molar-refractivity contribution in [1.29, 1.82) is 0 Å². The molecule has 0 saturated carbocycles. The molecule has 1 aliphatic carbocycles. The normalized spacial score (nSPS) is 20.7. The highest BCUT2D eigenvalue weighted by molar-refractivity contribution is 6.80. The van der Waals surface area contributed by atoms with Crippen molar-refractivity contribution in [3.05, 3.63) is 95.1 Å². The average Bonchev–Trinajstić information content (AvgIpc) is 3.11. The fourth-order valence-corrected chi connectivity index (χ4v) is 10.5. The van der Waals surface area contributed by atoms with Crippen molar-refractivity contribution in [3.63, 3.8) is 0 Å². The van der Waals surface area contributed by atoms with Crippen LogP contribution in [0.3, 0.4) is 0 Å². The molecule has 1 aliphatic rings. The molecule has 0 heterocycles. The second kappa shape index (κ2) is 13.2. The van der Waals surface area contributed by atoms with E-state index in [0.29, 0.717) is 12.1 Å². The Morgan fingerprint density at radius 3 is 0.855 bits per heavy atom. The summed E-state index contributed by atoms with van der Waals surface area (Å²) < 4.78 is 353. The van der Waals surface area contributed by atoms with E-state index in [1.807, 2.05) is 0 Å². The van der Waals surface area contributed by atoms with Crippen molar-refractivity contribution in [2.24, 2.45) is 0 Å². The first-order valence-corrected chi connectivity index (χ1v) is 20.2. The summed E-state index contributed by atoms with van der Waals surface area (Å²) >= 11 is 0. The standard InChI is InChI=1S/C36H22F24OSi/c1-62(2,3)25(35(55,56)57)22-14-18-10-6-4-8-16(18)12-20(22)24(61,21-13-17-9-5-7-11-19(17)15-23(21)25)26(37,38)27(39,40)28(41,42)29(43,44)30(45,46)31(47,48)32(49,50)33(51,52)34(53,54)36(58,59)60/h4-15,61H,1-3H3. The number of hydrogen-bond acceptors (Lipinski definition) is 1. The van der Waals surface area contributed by atoms with Crippen LogP contribution in [-0.4, -0.2) is 78.8 Å². The Morgan fingerprint density at radius 2 is 0.613 bits per heavy atom. The van der Waals surface area contributed by atoms with Crippen LogP contribution in [0.2, 0.25) is 19.6 Å². The van der Waals surface area contributed by atoms with Crippen molar-refractivity contribution < 1.29 is 110 Å². The maximum Gasteiger partial charge on any atom is 0.460 e. The molecule has 1 nitrogen and oxygen atoms in total. The Hall–Kier alpha value is -4.10. The maximum atomic E-state index is 16.9. The van der Waals surface area contributed by atoms with Gasteiger partial charge in [0.25, 0.3) is 0 Å². The van der Waals surface area contributed by atoms with E-state index in [-0.39, 0.29) is 12.1 Å². The number of halogens is 24. The first kappa shape index (κ1) is 48.9. The SMILES string of the molecule is C[Si](C)(C)C1(C(F)(F)F)c2cc3ccccc3cc2C(O)(C(F)(F)C(F)(F)C(F)(F)C(F)(F)C(F)(F)C(F)(F)C(F)(F)C(F)(F)C(F)(F)C(F)(F)F)c2cc3ccccc3cc21. The fourth-order valence-electron chi connectivity index (χ4n) is 7.65. The van der Waals surface area contributed by atoms with Gasteiger partial charge < -0.3 is 5.11 Å². The van der Waals surface area contributed by atoms with E-state index in [9.17, 15) is 62.2 Å². The minimum atomic E-state index is -9.47. The van der Waals surface area contributed by atoms with Crippen LogP contribution in [-0.2, 0) is 10.6 Å². The molecule has 0 amide bonds. The first-order chi connectivity index (χ1) is 27.4. The molecule has 0 atom stereocenters. The molecule has 0 spiro atoms. The molecule has 0 radical (unpaired) electrons. The quantitative estimate of drug-likeness (QED) is 0.124. The fraction of sp³-hybridized carbons (Fsp3) is 0.444. The zero-order valence-electron chi connectivity index (χ0n) is 30.4. The smallest absolute Gasteiger partial charge is 0.374 e. The lowest BCUT2D eigenvalue weighted by molar-refractivity contribution is -0.477. The summed E-state index contributed by atoms with van der Waals surface area (Å²) in [4.78, 5) is 0. The van der Waals surface area contributed by atoms with Gasteiger partial charge in [0.05, 0.1) is 8.07 Å². The third kappa shape index (κ3) is 5.57. The predicted molar refractivity (Wildman–Crippen MR) is 172 cm³/mol. The summed E-state index contributed by atoms with van der Waals surface area (Å²) in [6.07, 6.45) is -13.9. The Balaban J connectivity index is 1.89. The van der Waals surface area contributed by atoms with E-state index < -0.39 is 128 Å². The number of rotatable bonds is 10. The van der Waals surface area contributed by atoms with E-state index in [1.54, 1.807) is 0 Å². The van der Waals surface area contributed by atoms with E-state index in [1.165, 1.54) is 0 Å². The molecule has 5 rings (SSSR count). The monoisotopic (exact) mass is 954 g/mol. The van der Waals surface area contributed by atoms with Gasteiger partial charge in [-0.05, 0) is 68.1 Å². The highest BCUT2D eigenvalue weighted by Gasteiger charge is 2.99. The minimum absolute atomic E-state index is 0.0515. The molecule has 0 bridgehead atoms. The van der Waals surface area contributed by atoms with Gasteiger partial charge >= 0.3 is 65.7 Å². The average molecular weight is 955 g/mol. The number of alkyl halides is 24. The molecule has 0 saturated heterocycles. The molecule has 4 aromatic rings. The topological polar surface area (TPSA) is 20.2 Å². The largest absolute Gasteiger partial charge is 0.460 e. The van der Waals surface area contributed by atoms with Gasteiger partial charge in [0.1, 0.15) is 5.04 Å². The van der Waals surface area contributed by atoms with E-state index in [4.69, 9.17) is 0 Å². The molecule has 26 heteroatoms. The summed E-state index contributed by atoms with van der Waals surface area (Å²) in [6, 6.07) is 8.65. The predicted octanol–water partition coefficient (Wildman–Crippen LogP) is 13.5. The van der Waals surface area contributed by atoms with E-state index >= 15 is 48.3 Å². The summed E-state index contributed by atoms with van der Waals surface area (Å²) in [5.74, 6) is -80.9. The Morgan fingerprint density at radius 1 is 0.371 bits per heavy atom. The van der Waals surface area contributed by atoms with Crippen molar-refractivity contribution >= 4 is 29.6 Å². The van der Waals surface area contributed by atoms with Crippen LogP contribution >= 0.6 is 0 Å². The number of hydrogen-bond donors (Lipinski definition) is 1. The van der Waals surface area contributed by atoms with Gasteiger partial charge in [-0.25, -0.2) is 0 Å². The molecule has 344 valence electrons. The van der Waals surface area contributed by atoms with Crippen molar-refractivity contribution in [3.8, 4) is 0 Å². The lowest BCUT2D eigenvalue weighted by Gasteiger charge is -2.55. The van der Waals surface area contributed by atoms with Crippen LogP contribution in [0.15, 0.2) is 72.8 Å². The zero-order chi connectivity index (χ0) is 48.1. The molecule has 0 aromatic heterocycles. The maximum absolute atomic E-state index is 16.9. The van der Waals surface area contributed by atoms with Crippen LogP contribution in [0.25, 0.3) is 21.5 Å². The molecule has 0 fully saturated rings. The number of fused-ring (bicyclic) bond motifs is 4. The summed E-state index contributed by atoms with van der Waals surface area (Å²) in [5.41, 5.74) is -13.3. The van der Waals surface area contributed by atoms with Crippen LogP contribution in [0.1, 0.15) is 22.3 Å². The first-order valence-electron chi connectivity index (χ1n) is 16.7. The van der Waals surface area contributed by atoms with Crippen molar-refractivity contribution in [1.82, 2.24) is 0 Å². The van der Waals surface area contributed by atoms with Gasteiger partial charge in [0.15, 0.2) is 5.60 Å². The second-order valence-corrected chi connectivity index (χ2v) is 20.6. The van der Waals surface area contributed by atoms with Gasteiger partial charge in [-0.3, -0.25) is 0 Å². The van der Waals surface area contributed by atoms with Gasteiger partial charge in [0, 0.05) is 0 Å². The summed E-state index contributed by atoms with van der Waals surface area (Å²) in [7, 11) is -4.43. The van der Waals surface area contributed by atoms with Gasteiger partial charge in [0.2, 0.25) is 0 Å². The van der Waals surface area contributed by atoms with E-state index in [2.05, 4.69) is 0 Å². The highest BCUT2D eigenvalue weighted by Crippen LogP contribution is 2.70.